The van der Waals surface area contributed by atoms with E-state index in [1.54, 1.807) is 33.2 Å². The van der Waals surface area contributed by atoms with Crippen molar-refractivity contribution < 1.29 is 9.53 Å². The molecule has 4 heteroatoms. The summed E-state index contributed by atoms with van der Waals surface area (Å²) in [5.74, 6) is 0.492. The van der Waals surface area contributed by atoms with Crippen LogP contribution in [0.2, 0.25) is 0 Å². The van der Waals surface area contributed by atoms with E-state index < -0.39 is 6.04 Å². The van der Waals surface area contributed by atoms with E-state index in [1.165, 1.54) is 4.90 Å². The predicted octanol–water partition coefficient (Wildman–Crippen LogP) is 1.99. The van der Waals surface area contributed by atoms with Gasteiger partial charge >= 0.3 is 0 Å². The Labute approximate surface area is 101 Å². The third-order valence-corrected chi connectivity index (χ3v) is 2.74. The summed E-state index contributed by atoms with van der Waals surface area (Å²) >= 11 is 0. The minimum Gasteiger partial charge on any atom is -0.496 e. The fraction of sp³-hybridized carbons (Fsp3) is 0.385. The lowest BCUT2D eigenvalue weighted by Crippen LogP contribution is -2.34. The van der Waals surface area contributed by atoms with Gasteiger partial charge in [-0.2, -0.15) is 5.26 Å². The molecule has 1 aromatic carbocycles. The molecule has 1 amide bonds. The van der Waals surface area contributed by atoms with Crippen LogP contribution in [0.3, 0.4) is 0 Å². The van der Waals surface area contributed by atoms with Crippen molar-refractivity contribution in [2.75, 3.05) is 14.2 Å². The highest BCUT2D eigenvalue weighted by Crippen LogP contribution is 2.20. The number of hydrogen-bond donors (Lipinski definition) is 0. The van der Waals surface area contributed by atoms with Crippen LogP contribution in [0.15, 0.2) is 18.2 Å². The fourth-order valence-corrected chi connectivity index (χ4v) is 1.42. The van der Waals surface area contributed by atoms with Crippen molar-refractivity contribution in [2.45, 2.75) is 19.9 Å². The van der Waals surface area contributed by atoms with Crippen LogP contribution in [0.1, 0.15) is 22.8 Å². The molecule has 0 bridgehead atoms. The third kappa shape index (κ3) is 2.76. The van der Waals surface area contributed by atoms with Gasteiger partial charge in [0, 0.05) is 12.6 Å². The van der Waals surface area contributed by atoms with Crippen LogP contribution in [0.25, 0.3) is 0 Å². The highest BCUT2D eigenvalue weighted by Gasteiger charge is 2.17. The second-order valence-electron chi connectivity index (χ2n) is 3.91. The molecule has 0 N–H and O–H groups in total. The van der Waals surface area contributed by atoms with Gasteiger partial charge in [-0.3, -0.25) is 4.79 Å². The number of methoxy groups -OCH3 is 1. The maximum Gasteiger partial charge on any atom is 0.254 e. The second-order valence-corrected chi connectivity index (χ2v) is 3.91. The minimum atomic E-state index is -0.449. The van der Waals surface area contributed by atoms with Crippen LogP contribution in [-0.4, -0.2) is 31.0 Å². The molecule has 1 unspecified atom stereocenters. The number of carbonyl (C=O) groups excluding carboxylic acids is 1. The van der Waals surface area contributed by atoms with Gasteiger partial charge in [0.25, 0.3) is 5.91 Å². The SMILES string of the molecule is COc1cc(C(=O)N(C)C(C)C#N)ccc1C. The molecule has 0 aliphatic heterocycles. The molecule has 0 fully saturated rings. The normalized spacial score (nSPS) is 11.5. The number of hydrogen-bond acceptors (Lipinski definition) is 3. The molecule has 0 saturated heterocycles. The van der Waals surface area contributed by atoms with Crippen LogP contribution >= 0.6 is 0 Å². The molecule has 0 spiro atoms. The molecule has 0 aromatic heterocycles. The van der Waals surface area contributed by atoms with Gasteiger partial charge in [0.05, 0.1) is 13.2 Å². The van der Waals surface area contributed by atoms with E-state index in [2.05, 4.69) is 0 Å². The van der Waals surface area contributed by atoms with E-state index in [1.807, 2.05) is 19.1 Å². The van der Waals surface area contributed by atoms with Crippen molar-refractivity contribution in [3.63, 3.8) is 0 Å². The Morgan fingerprint density at radius 3 is 2.71 bits per heavy atom. The second kappa shape index (κ2) is 5.35. The van der Waals surface area contributed by atoms with Crippen molar-refractivity contribution in [3.05, 3.63) is 29.3 Å². The maximum absolute atomic E-state index is 12.0. The molecular weight excluding hydrogens is 216 g/mol. The number of aryl methyl sites for hydroxylation is 1. The Hall–Kier alpha value is -2.02. The summed E-state index contributed by atoms with van der Waals surface area (Å²) in [6.45, 7) is 3.60. The van der Waals surface area contributed by atoms with E-state index in [-0.39, 0.29) is 5.91 Å². The summed E-state index contributed by atoms with van der Waals surface area (Å²) in [4.78, 5) is 13.5. The molecular formula is C13H16N2O2. The van der Waals surface area contributed by atoms with Gasteiger partial charge in [0.2, 0.25) is 0 Å². The zero-order valence-corrected chi connectivity index (χ0v) is 10.5. The molecule has 0 aliphatic rings. The molecule has 17 heavy (non-hydrogen) atoms. The molecule has 0 radical (unpaired) electrons. The van der Waals surface area contributed by atoms with Crippen LogP contribution in [0.4, 0.5) is 0 Å². The van der Waals surface area contributed by atoms with Crippen LogP contribution in [-0.2, 0) is 0 Å². The van der Waals surface area contributed by atoms with Crippen molar-refractivity contribution in [1.82, 2.24) is 4.90 Å². The zero-order chi connectivity index (χ0) is 13.0. The number of rotatable bonds is 3. The molecule has 1 aromatic rings. The average Bonchev–Trinajstić information content (AvgIpc) is 2.36. The van der Waals surface area contributed by atoms with E-state index in [0.29, 0.717) is 11.3 Å². The standard InChI is InChI=1S/C13H16N2O2/c1-9-5-6-11(7-12(9)17-4)13(16)15(3)10(2)8-14/h5-7,10H,1-4H3. The molecule has 0 saturated carbocycles. The van der Waals surface area contributed by atoms with Gasteiger partial charge in [0.15, 0.2) is 0 Å². The van der Waals surface area contributed by atoms with E-state index in [0.717, 1.165) is 5.56 Å². The molecule has 1 rings (SSSR count). The molecule has 0 heterocycles. The van der Waals surface area contributed by atoms with Crippen molar-refractivity contribution in [1.29, 1.82) is 5.26 Å². The Morgan fingerprint density at radius 2 is 2.18 bits per heavy atom. The molecule has 0 aliphatic carbocycles. The topological polar surface area (TPSA) is 53.3 Å². The number of nitrogens with zero attached hydrogens (tertiary/aromatic N) is 2. The maximum atomic E-state index is 12.0. The quantitative estimate of drug-likeness (QED) is 0.800. The number of nitriles is 1. The minimum absolute atomic E-state index is 0.183. The summed E-state index contributed by atoms with van der Waals surface area (Å²) in [6, 6.07) is 6.84. The lowest BCUT2D eigenvalue weighted by Gasteiger charge is -2.19. The monoisotopic (exact) mass is 232 g/mol. The van der Waals surface area contributed by atoms with E-state index in [9.17, 15) is 4.79 Å². The highest BCUT2D eigenvalue weighted by atomic mass is 16.5. The Balaban J connectivity index is 3.01. The predicted molar refractivity (Wildman–Crippen MR) is 64.9 cm³/mol. The van der Waals surface area contributed by atoms with Crippen molar-refractivity contribution >= 4 is 5.91 Å². The Morgan fingerprint density at radius 1 is 1.53 bits per heavy atom. The van der Waals surface area contributed by atoms with Gasteiger partial charge in [-0.15, -0.1) is 0 Å². The summed E-state index contributed by atoms with van der Waals surface area (Å²) < 4.78 is 5.17. The number of carbonyl (C=O) groups is 1. The number of ether oxygens (including phenoxy) is 1. The molecule has 90 valence electrons. The summed E-state index contributed by atoms with van der Waals surface area (Å²) in [5, 5.41) is 8.78. The Kier molecular flexibility index (Phi) is 4.11. The Bertz CT molecular complexity index is 463. The zero-order valence-electron chi connectivity index (χ0n) is 10.5. The largest absolute Gasteiger partial charge is 0.496 e. The van der Waals surface area contributed by atoms with Gasteiger partial charge in [0.1, 0.15) is 11.8 Å². The first-order chi connectivity index (χ1) is 8.01. The summed E-state index contributed by atoms with van der Waals surface area (Å²) in [5.41, 5.74) is 1.50. The first kappa shape index (κ1) is 13.0. The fourth-order valence-electron chi connectivity index (χ4n) is 1.42. The van der Waals surface area contributed by atoms with Gasteiger partial charge in [-0.05, 0) is 31.5 Å². The first-order valence-electron chi connectivity index (χ1n) is 5.32. The van der Waals surface area contributed by atoms with E-state index >= 15 is 0 Å². The van der Waals surface area contributed by atoms with Crippen LogP contribution in [0.5, 0.6) is 5.75 Å². The van der Waals surface area contributed by atoms with Crippen LogP contribution in [0, 0.1) is 18.3 Å². The lowest BCUT2D eigenvalue weighted by atomic mass is 10.1. The molecule has 1 atom stereocenters. The first-order valence-corrected chi connectivity index (χ1v) is 5.32. The highest BCUT2D eigenvalue weighted by molar-refractivity contribution is 5.95. The van der Waals surface area contributed by atoms with Gasteiger partial charge in [-0.25, -0.2) is 0 Å². The van der Waals surface area contributed by atoms with Gasteiger partial charge < -0.3 is 9.64 Å². The van der Waals surface area contributed by atoms with E-state index in [4.69, 9.17) is 10.00 Å². The summed E-state index contributed by atoms with van der Waals surface area (Å²) in [7, 11) is 3.18. The summed E-state index contributed by atoms with van der Waals surface area (Å²) in [6.07, 6.45) is 0. The average molecular weight is 232 g/mol. The smallest absolute Gasteiger partial charge is 0.254 e. The molecule has 4 nitrogen and oxygen atoms in total. The lowest BCUT2D eigenvalue weighted by molar-refractivity contribution is 0.0773. The number of benzene rings is 1. The number of amides is 1. The van der Waals surface area contributed by atoms with Crippen LogP contribution < -0.4 is 4.74 Å². The van der Waals surface area contributed by atoms with Crippen molar-refractivity contribution in [2.24, 2.45) is 0 Å². The van der Waals surface area contributed by atoms with Gasteiger partial charge in [-0.1, -0.05) is 6.07 Å². The third-order valence-electron chi connectivity index (χ3n) is 2.74. The van der Waals surface area contributed by atoms with Crippen molar-refractivity contribution in [3.8, 4) is 11.8 Å².